The van der Waals surface area contributed by atoms with E-state index in [1.54, 1.807) is 23.2 Å². The number of amides is 1. The zero-order chi connectivity index (χ0) is 19.8. The second-order valence-corrected chi connectivity index (χ2v) is 7.29. The van der Waals surface area contributed by atoms with Crippen LogP contribution in [0.15, 0.2) is 34.0 Å². The van der Waals surface area contributed by atoms with Crippen LogP contribution in [0.1, 0.15) is 30.4 Å². The Morgan fingerprint density at radius 1 is 1.22 bits per heavy atom. The number of alkyl halides is 2. The molecule has 1 aromatic heterocycles. The Morgan fingerprint density at radius 2 is 1.85 bits per heavy atom. The van der Waals surface area contributed by atoms with Crippen molar-refractivity contribution >= 4 is 29.1 Å². The topological polar surface area (TPSA) is 94.8 Å². The van der Waals surface area contributed by atoms with Gasteiger partial charge in [-0.05, 0) is 30.5 Å². The highest BCUT2D eigenvalue weighted by Gasteiger charge is 2.47. The summed E-state index contributed by atoms with van der Waals surface area (Å²) in [4.78, 5) is 38.3. The van der Waals surface area contributed by atoms with Gasteiger partial charge in [-0.25, -0.2) is 4.79 Å². The Bertz CT molecular complexity index is 979. The Morgan fingerprint density at radius 3 is 2.37 bits per heavy atom. The molecule has 0 unspecified atom stereocenters. The molecular weight excluding hydrogens is 403 g/mol. The van der Waals surface area contributed by atoms with Crippen molar-refractivity contribution in [1.29, 1.82) is 0 Å². The molecule has 0 spiro atoms. The standard InChI is InChI=1S/C17H15Cl2F2N3O3/c18-10-3-1-4-11(19)12(10)16(5-2-6-16)8-23-14(26)17(20,21)9-7-22-15(27)24-13(9)25/h1,3-4,7H,2,5-6,8H2,(H,23,26)(H2,22,24,25,27). The number of halogens is 4. The van der Waals surface area contributed by atoms with Crippen LogP contribution in [0.25, 0.3) is 0 Å². The molecule has 6 nitrogen and oxygen atoms in total. The molecule has 0 aliphatic heterocycles. The number of carbonyl (C=O) groups is 1. The van der Waals surface area contributed by atoms with Gasteiger partial charge < -0.3 is 10.3 Å². The summed E-state index contributed by atoms with van der Waals surface area (Å²) in [6.45, 7) is -0.105. The molecule has 1 aromatic carbocycles. The highest BCUT2D eigenvalue weighted by Crippen LogP contribution is 2.48. The van der Waals surface area contributed by atoms with Gasteiger partial charge in [0.1, 0.15) is 5.56 Å². The molecule has 1 aliphatic rings. The number of aromatic amines is 2. The van der Waals surface area contributed by atoms with Gasteiger partial charge in [-0.3, -0.25) is 14.6 Å². The van der Waals surface area contributed by atoms with E-state index in [-0.39, 0.29) is 6.54 Å². The van der Waals surface area contributed by atoms with E-state index in [4.69, 9.17) is 23.2 Å². The van der Waals surface area contributed by atoms with E-state index < -0.39 is 34.1 Å². The third kappa shape index (κ3) is 3.51. The fourth-order valence-electron chi connectivity index (χ4n) is 3.25. The number of rotatable bonds is 5. The van der Waals surface area contributed by atoms with E-state index in [1.807, 2.05) is 4.98 Å². The van der Waals surface area contributed by atoms with Crippen LogP contribution >= 0.6 is 23.2 Å². The van der Waals surface area contributed by atoms with Crippen LogP contribution in [-0.2, 0) is 16.1 Å². The van der Waals surface area contributed by atoms with Crippen LogP contribution in [0.2, 0.25) is 10.0 Å². The summed E-state index contributed by atoms with van der Waals surface area (Å²) in [6.07, 6.45) is 2.63. The van der Waals surface area contributed by atoms with Crippen LogP contribution in [0, 0.1) is 0 Å². The first-order chi connectivity index (χ1) is 12.7. The molecule has 1 heterocycles. The predicted octanol–water partition coefficient (Wildman–Crippen LogP) is 2.70. The Balaban J connectivity index is 1.83. The number of aromatic nitrogens is 2. The molecule has 0 atom stereocenters. The zero-order valence-electron chi connectivity index (χ0n) is 13.9. The minimum Gasteiger partial charge on any atom is -0.350 e. The summed E-state index contributed by atoms with van der Waals surface area (Å²) in [5, 5.41) is 3.01. The monoisotopic (exact) mass is 417 g/mol. The van der Waals surface area contributed by atoms with E-state index in [0.29, 0.717) is 34.6 Å². The van der Waals surface area contributed by atoms with Crippen molar-refractivity contribution in [2.75, 3.05) is 6.54 Å². The molecule has 2 aromatic rings. The molecule has 0 saturated heterocycles. The predicted molar refractivity (Wildman–Crippen MR) is 96.6 cm³/mol. The summed E-state index contributed by atoms with van der Waals surface area (Å²) in [6, 6.07) is 4.98. The normalized spacial score (nSPS) is 15.9. The number of hydrogen-bond donors (Lipinski definition) is 3. The van der Waals surface area contributed by atoms with E-state index in [9.17, 15) is 23.2 Å². The molecule has 3 N–H and O–H groups in total. The Hall–Kier alpha value is -2.19. The molecule has 0 radical (unpaired) electrons. The van der Waals surface area contributed by atoms with Crippen molar-refractivity contribution in [1.82, 2.24) is 15.3 Å². The molecule has 27 heavy (non-hydrogen) atoms. The largest absolute Gasteiger partial charge is 0.356 e. The lowest BCUT2D eigenvalue weighted by Gasteiger charge is -2.43. The number of H-pyrrole nitrogens is 2. The van der Waals surface area contributed by atoms with Crippen LogP contribution in [0.5, 0.6) is 0 Å². The second kappa shape index (κ2) is 7.09. The van der Waals surface area contributed by atoms with Crippen molar-refractivity contribution < 1.29 is 13.6 Å². The van der Waals surface area contributed by atoms with Crippen molar-refractivity contribution in [3.63, 3.8) is 0 Å². The second-order valence-electron chi connectivity index (χ2n) is 6.47. The smallest absolute Gasteiger partial charge is 0.350 e. The van der Waals surface area contributed by atoms with Gasteiger partial charge in [0.25, 0.3) is 11.5 Å². The molecule has 1 fully saturated rings. The number of carbonyl (C=O) groups excluding carboxylic acids is 1. The molecular formula is C17H15Cl2F2N3O3. The van der Waals surface area contributed by atoms with Gasteiger partial charge in [0.15, 0.2) is 0 Å². The van der Waals surface area contributed by atoms with Crippen molar-refractivity contribution in [3.05, 3.63) is 66.4 Å². The minimum absolute atomic E-state index is 0.105. The molecule has 0 bridgehead atoms. The van der Waals surface area contributed by atoms with Crippen molar-refractivity contribution in [3.8, 4) is 0 Å². The summed E-state index contributed by atoms with van der Waals surface area (Å²) in [5.74, 6) is -5.76. The third-order valence-electron chi connectivity index (χ3n) is 4.83. The van der Waals surface area contributed by atoms with Gasteiger partial charge in [0.05, 0.1) is 0 Å². The fourth-order valence-corrected chi connectivity index (χ4v) is 4.05. The average Bonchev–Trinajstić information content (AvgIpc) is 2.55. The summed E-state index contributed by atoms with van der Waals surface area (Å²) >= 11 is 12.5. The first-order valence-electron chi connectivity index (χ1n) is 8.10. The lowest BCUT2D eigenvalue weighted by molar-refractivity contribution is -0.147. The molecule has 3 rings (SSSR count). The summed E-state index contributed by atoms with van der Waals surface area (Å²) < 4.78 is 28.8. The molecule has 1 aliphatic carbocycles. The van der Waals surface area contributed by atoms with Gasteiger partial charge in [-0.15, -0.1) is 0 Å². The number of hydrogen-bond acceptors (Lipinski definition) is 3. The highest BCUT2D eigenvalue weighted by atomic mass is 35.5. The maximum absolute atomic E-state index is 14.4. The first-order valence-corrected chi connectivity index (χ1v) is 8.86. The van der Waals surface area contributed by atoms with E-state index in [1.165, 1.54) is 0 Å². The number of benzene rings is 1. The third-order valence-corrected chi connectivity index (χ3v) is 5.46. The summed E-state index contributed by atoms with van der Waals surface area (Å²) in [5.41, 5.74) is -3.44. The molecule has 10 heteroatoms. The van der Waals surface area contributed by atoms with Crippen LogP contribution < -0.4 is 16.6 Å². The molecule has 1 saturated carbocycles. The zero-order valence-corrected chi connectivity index (χ0v) is 15.4. The first kappa shape index (κ1) is 19.6. The summed E-state index contributed by atoms with van der Waals surface area (Å²) in [7, 11) is 0. The van der Waals surface area contributed by atoms with Crippen LogP contribution in [0.3, 0.4) is 0 Å². The van der Waals surface area contributed by atoms with E-state index in [0.717, 1.165) is 6.42 Å². The minimum atomic E-state index is -4.12. The Labute approximate surface area is 161 Å². The van der Waals surface area contributed by atoms with Gasteiger partial charge in [0, 0.05) is 28.2 Å². The maximum atomic E-state index is 14.4. The van der Waals surface area contributed by atoms with Crippen molar-refractivity contribution in [2.45, 2.75) is 30.6 Å². The van der Waals surface area contributed by atoms with Crippen LogP contribution in [0.4, 0.5) is 8.78 Å². The lowest BCUT2D eigenvalue weighted by atomic mass is 9.64. The highest BCUT2D eigenvalue weighted by molar-refractivity contribution is 6.36. The Kier molecular flexibility index (Phi) is 5.14. The van der Waals surface area contributed by atoms with Crippen molar-refractivity contribution in [2.24, 2.45) is 0 Å². The quantitative estimate of drug-likeness (QED) is 0.697. The fraction of sp³-hybridized carbons (Fsp3) is 0.353. The SMILES string of the molecule is O=C(NCC1(c2c(Cl)cccc2Cl)CCC1)C(F)(F)c1c[nH]c(=O)[nH]c1=O. The van der Waals surface area contributed by atoms with Gasteiger partial charge in [-0.1, -0.05) is 35.7 Å². The molecule has 1 amide bonds. The number of nitrogens with one attached hydrogen (secondary N) is 3. The van der Waals surface area contributed by atoms with E-state index in [2.05, 4.69) is 5.32 Å². The van der Waals surface area contributed by atoms with Gasteiger partial charge in [-0.2, -0.15) is 8.78 Å². The van der Waals surface area contributed by atoms with Gasteiger partial charge in [0.2, 0.25) is 0 Å². The van der Waals surface area contributed by atoms with Crippen LogP contribution in [-0.4, -0.2) is 22.4 Å². The van der Waals surface area contributed by atoms with E-state index >= 15 is 0 Å². The average molecular weight is 418 g/mol. The molecule has 144 valence electrons. The maximum Gasteiger partial charge on any atom is 0.356 e. The lowest BCUT2D eigenvalue weighted by Crippen LogP contribution is -2.50. The van der Waals surface area contributed by atoms with Gasteiger partial charge >= 0.3 is 11.6 Å².